The van der Waals surface area contributed by atoms with Crippen LogP contribution in [0.2, 0.25) is 0 Å². The fraction of sp³-hybridized carbons (Fsp3) is 0.0588. The van der Waals surface area contributed by atoms with Crippen molar-refractivity contribution in [2.75, 3.05) is 0 Å². The predicted octanol–water partition coefficient (Wildman–Crippen LogP) is 13.5. The first-order valence-corrected chi connectivity index (χ1v) is 18.5. The zero-order chi connectivity index (χ0) is 35.3. The molecule has 2 heteroatoms. The van der Waals surface area contributed by atoms with Gasteiger partial charge in [-0.15, -0.1) is 0 Å². The third-order valence-electron chi connectivity index (χ3n) is 11.7. The lowest BCUT2D eigenvalue weighted by Gasteiger charge is -2.22. The van der Waals surface area contributed by atoms with Gasteiger partial charge in [0.05, 0.1) is 22.1 Å². The summed E-state index contributed by atoms with van der Waals surface area (Å²) in [7, 11) is 0. The molecule has 0 radical (unpaired) electrons. The van der Waals surface area contributed by atoms with Crippen LogP contribution in [0.1, 0.15) is 25.0 Å². The zero-order valence-corrected chi connectivity index (χ0v) is 29.7. The molecule has 0 saturated carbocycles. The standard InChI is InChI=1S/C51H36N2/c1-51(2)45-19-11-9-17-39(45)40-25-21-36(32-46(40)51)35-24-28-50-44(31-35)43-30-34(23-27-49(43)53(50)38-15-7-4-8-16-38)33-22-26-48-42(29-33)41-18-10-12-20-47(41)52(48)37-13-5-3-6-14-37/h3-32H,1-2H3. The molecule has 0 fully saturated rings. The lowest BCUT2D eigenvalue weighted by molar-refractivity contribution is 0.660. The van der Waals surface area contributed by atoms with Crippen LogP contribution in [0.5, 0.6) is 0 Å². The molecule has 0 saturated heterocycles. The molecule has 2 heterocycles. The fourth-order valence-corrected chi connectivity index (χ4v) is 9.13. The molecule has 250 valence electrons. The molecule has 53 heavy (non-hydrogen) atoms. The van der Waals surface area contributed by atoms with Gasteiger partial charge in [-0.25, -0.2) is 0 Å². The van der Waals surface area contributed by atoms with E-state index in [0.717, 1.165) is 0 Å². The van der Waals surface area contributed by atoms with Crippen LogP contribution in [-0.2, 0) is 5.41 Å². The maximum atomic E-state index is 2.43. The van der Waals surface area contributed by atoms with E-state index in [1.807, 2.05) is 0 Å². The Kier molecular flexibility index (Phi) is 6.33. The summed E-state index contributed by atoms with van der Waals surface area (Å²) in [6.45, 7) is 4.72. The minimum Gasteiger partial charge on any atom is -0.309 e. The summed E-state index contributed by atoms with van der Waals surface area (Å²) in [4.78, 5) is 0. The van der Waals surface area contributed by atoms with Crippen molar-refractivity contribution in [1.82, 2.24) is 9.13 Å². The average Bonchev–Trinajstić information content (AvgIpc) is 3.80. The van der Waals surface area contributed by atoms with E-state index >= 15 is 0 Å². The molecule has 8 aromatic carbocycles. The minimum atomic E-state index is -0.0429. The molecular weight excluding hydrogens is 641 g/mol. The molecule has 0 aliphatic heterocycles. The summed E-state index contributed by atoms with van der Waals surface area (Å²) < 4.78 is 4.79. The topological polar surface area (TPSA) is 9.86 Å². The highest BCUT2D eigenvalue weighted by molar-refractivity contribution is 6.13. The van der Waals surface area contributed by atoms with Crippen LogP contribution >= 0.6 is 0 Å². The Bertz CT molecular complexity index is 3070. The van der Waals surface area contributed by atoms with Crippen LogP contribution in [0.25, 0.3) is 88.4 Å². The van der Waals surface area contributed by atoms with E-state index in [2.05, 4.69) is 205 Å². The van der Waals surface area contributed by atoms with Crippen molar-refractivity contribution < 1.29 is 0 Å². The first-order chi connectivity index (χ1) is 26.0. The van der Waals surface area contributed by atoms with Crippen LogP contribution in [0.15, 0.2) is 182 Å². The number of aromatic nitrogens is 2. The number of rotatable bonds is 4. The molecule has 10 aromatic rings. The highest BCUT2D eigenvalue weighted by Crippen LogP contribution is 2.50. The molecule has 1 aliphatic carbocycles. The Morgan fingerprint density at radius 2 is 0.736 bits per heavy atom. The van der Waals surface area contributed by atoms with Gasteiger partial charge < -0.3 is 9.13 Å². The molecule has 0 spiro atoms. The van der Waals surface area contributed by atoms with Crippen LogP contribution in [-0.4, -0.2) is 9.13 Å². The monoisotopic (exact) mass is 676 g/mol. The largest absolute Gasteiger partial charge is 0.309 e. The number of nitrogens with zero attached hydrogens (tertiary/aromatic N) is 2. The summed E-state index contributed by atoms with van der Waals surface area (Å²) in [5.74, 6) is 0. The number of para-hydroxylation sites is 3. The van der Waals surface area contributed by atoms with Crippen molar-refractivity contribution >= 4 is 43.6 Å². The molecule has 2 aromatic heterocycles. The molecule has 2 nitrogen and oxygen atoms in total. The van der Waals surface area contributed by atoms with Gasteiger partial charge in [-0.2, -0.15) is 0 Å². The summed E-state index contributed by atoms with van der Waals surface area (Å²) >= 11 is 0. The van der Waals surface area contributed by atoms with Gasteiger partial charge in [-0.3, -0.25) is 0 Å². The lowest BCUT2D eigenvalue weighted by Crippen LogP contribution is -2.14. The Hall–Kier alpha value is -6.64. The molecular formula is C51H36N2. The second kappa shape index (κ2) is 11.2. The zero-order valence-electron chi connectivity index (χ0n) is 29.7. The maximum absolute atomic E-state index is 2.43. The summed E-state index contributed by atoms with van der Waals surface area (Å²) in [5, 5.41) is 5.04. The molecule has 0 bridgehead atoms. The molecule has 1 aliphatic rings. The maximum Gasteiger partial charge on any atom is 0.0541 e. The summed E-state index contributed by atoms with van der Waals surface area (Å²) in [6, 6.07) is 67.1. The smallest absolute Gasteiger partial charge is 0.0541 e. The molecule has 11 rings (SSSR count). The van der Waals surface area contributed by atoms with Crippen LogP contribution < -0.4 is 0 Å². The quantitative estimate of drug-likeness (QED) is 0.176. The van der Waals surface area contributed by atoms with Gasteiger partial charge in [0.15, 0.2) is 0 Å². The third-order valence-corrected chi connectivity index (χ3v) is 11.7. The normalized spacial score (nSPS) is 13.2. The van der Waals surface area contributed by atoms with Crippen molar-refractivity contribution in [3.63, 3.8) is 0 Å². The Labute approximate surface area is 308 Å². The second-order valence-electron chi connectivity index (χ2n) is 15.0. The summed E-state index contributed by atoms with van der Waals surface area (Å²) in [5.41, 5.74) is 17.6. The van der Waals surface area contributed by atoms with Crippen molar-refractivity contribution in [2.24, 2.45) is 0 Å². The van der Waals surface area contributed by atoms with Gasteiger partial charge in [0.1, 0.15) is 0 Å². The first-order valence-electron chi connectivity index (χ1n) is 18.5. The van der Waals surface area contributed by atoms with Gasteiger partial charge in [-0.1, -0.05) is 123 Å². The molecule has 0 unspecified atom stereocenters. The number of hydrogen-bond donors (Lipinski definition) is 0. The van der Waals surface area contributed by atoms with E-state index in [1.165, 1.54) is 99.5 Å². The fourth-order valence-electron chi connectivity index (χ4n) is 9.13. The van der Waals surface area contributed by atoms with E-state index in [9.17, 15) is 0 Å². The van der Waals surface area contributed by atoms with E-state index in [0.29, 0.717) is 0 Å². The third kappa shape index (κ3) is 4.39. The van der Waals surface area contributed by atoms with Gasteiger partial charge in [0.2, 0.25) is 0 Å². The van der Waals surface area contributed by atoms with E-state index in [4.69, 9.17) is 0 Å². The lowest BCUT2D eigenvalue weighted by atomic mass is 9.81. The first kappa shape index (κ1) is 30.0. The highest BCUT2D eigenvalue weighted by Gasteiger charge is 2.35. The van der Waals surface area contributed by atoms with Crippen LogP contribution in [0.3, 0.4) is 0 Å². The van der Waals surface area contributed by atoms with E-state index < -0.39 is 0 Å². The molecule has 0 atom stereocenters. The Morgan fingerprint density at radius 1 is 0.321 bits per heavy atom. The van der Waals surface area contributed by atoms with Crippen molar-refractivity contribution in [3.8, 4) is 44.8 Å². The van der Waals surface area contributed by atoms with Crippen molar-refractivity contribution in [1.29, 1.82) is 0 Å². The van der Waals surface area contributed by atoms with Crippen molar-refractivity contribution in [2.45, 2.75) is 19.3 Å². The predicted molar refractivity (Wildman–Crippen MR) is 224 cm³/mol. The Morgan fingerprint density at radius 3 is 1.32 bits per heavy atom. The molecule has 0 amide bonds. The Balaban J connectivity index is 1.10. The van der Waals surface area contributed by atoms with Gasteiger partial charge in [-0.05, 0) is 117 Å². The van der Waals surface area contributed by atoms with Crippen LogP contribution in [0, 0.1) is 0 Å². The van der Waals surface area contributed by atoms with Crippen molar-refractivity contribution in [3.05, 3.63) is 193 Å². The summed E-state index contributed by atoms with van der Waals surface area (Å²) in [6.07, 6.45) is 0. The highest BCUT2D eigenvalue weighted by atomic mass is 15.0. The van der Waals surface area contributed by atoms with Gasteiger partial charge in [0.25, 0.3) is 0 Å². The van der Waals surface area contributed by atoms with Gasteiger partial charge in [0, 0.05) is 38.3 Å². The van der Waals surface area contributed by atoms with E-state index in [-0.39, 0.29) is 5.41 Å². The number of hydrogen-bond acceptors (Lipinski definition) is 0. The SMILES string of the molecule is CC1(C)c2ccccc2-c2ccc(-c3ccc4c(c3)c3cc(-c5ccc6c(c5)c5ccccc5n6-c5ccccc5)ccc3n4-c3ccccc3)cc21. The minimum absolute atomic E-state index is 0.0429. The number of benzene rings is 8. The van der Waals surface area contributed by atoms with Gasteiger partial charge >= 0.3 is 0 Å². The average molecular weight is 677 g/mol. The molecule has 0 N–H and O–H groups in total. The van der Waals surface area contributed by atoms with E-state index in [1.54, 1.807) is 0 Å². The second-order valence-corrected chi connectivity index (χ2v) is 15.0. The van der Waals surface area contributed by atoms with Crippen LogP contribution in [0.4, 0.5) is 0 Å². The number of fused-ring (bicyclic) bond motifs is 9.